The number of urea groups is 2. The number of halogens is 7. The standard InChI is InChI=1S/2C18H17Cl2N3O3.BBr3/c2*1-18(10-11-4-6-13(26-3)7-5-11)16(24)23(17(25)22(18)2)12-8-14(19)21-15(20)9-12;2-1(3)4/h2*4-9H,10H2,1-3H3;. The van der Waals surface area contributed by atoms with E-state index in [-0.39, 0.29) is 35.6 Å². The second-order valence-electron chi connectivity index (χ2n) is 12.8. The third kappa shape index (κ3) is 10.3. The number of benzene rings is 2. The Hall–Kier alpha value is -3.12. The van der Waals surface area contributed by atoms with E-state index in [1.807, 2.05) is 48.5 Å². The summed E-state index contributed by atoms with van der Waals surface area (Å²) in [4.78, 5) is 64.5. The first kappa shape index (κ1) is 45.6. The molecule has 0 radical (unpaired) electrons. The lowest BCUT2D eigenvalue weighted by Crippen LogP contribution is -2.47. The van der Waals surface area contributed by atoms with Gasteiger partial charge in [-0.2, -0.15) is 0 Å². The van der Waals surface area contributed by atoms with Crippen LogP contribution >= 0.6 is 93.7 Å². The molecule has 56 heavy (non-hydrogen) atoms. The average Bonchev–Trinajstić information content (AvgIpc) is 3.40. The van der Waals surface area contributed by atoms with E-state index in [4.69, 9.17) is 55.9 Å². The van der Waals surface area contributed by atoms with E-state index in [9.17, 15) is 19.2 Å². The van der Waals surface area contributed by atoms with Crippen molar-refractivity contribution in [1.29, 1.82) is 0 Å². The molecule has 0 aliphatic carbocycles. The molecule has 0 N–H and O–H groups in total. The maximum Gasteiger partial charge on any atom is 0.369 e. The van der Waals surface area contributed by atoms with E-state index in [1.54, 1.807) is 42.2 Å². The number of ether oxygens (including phenoxy) is 2. The number of likely N-dealkylation sites (N-methyl/N-ethyl adjacent to an activating group) is 2. The van der Waals surface area contributed by atoms with Crippen molar-refractivity contribution in [2.75, 3.05) is 38.1 Å². The molecule has 296 valence electrons. The lowest BCUT2D eigenvalue weighted by atomic mass is 9.91. The van der Waals surface area contributed by atoms with Gasteiger partial charge in [0.25, 0.3) is 11.8 Å². The Bertz CT molecular complexity index is 1920. The van der Waals surface area contributed by atoms with Crippen LogP contribution < -0.4 is 19.3 Å². The van der Waals surface area contributed by atoms with Gasteiger partial charge in [0.1, 0.15) is 43.2 Å². The van der Waals surface area contributed by atoms with Crippen molar-refractivity contribution in [3.8, 4) is 11.5 Å². The molecule has 2 unspecified atom stereocenters. The number of pyridine rings is 2. The Kier molecular flexibility index (Phi) is 15.5. The first-order chi connectivity index (χ1) is 26.2. The van der Waals surface area contributed by atoms with Crippen LogP contribution in [0.15, 0.2) is 72.8 Å². The van der Waals surface area contributed by atoms with Crippen molar-refractivity contribution in [1.82, 2.24) is 19.8 Å². The van der Waals surface area contributed by atoms with E-state index in [2.05, 4.69) is 57.2 Å². The summed E-state index contributed by atoms with van der Waals surface area (Å²) in [5, 5.41) is 0.443. The molecule has 2 fully saturated rings. The minimum atomic E-state index is -1.03. The molecule has 2 aromatic heterocycles. The zero-order chi connectivity index (χ0) is 41.7. The first-order valence-corrected chi connectivity index (χ1v) is 20.6. The summed E-state index contributed by atoms with van der Waals surface area (Å²) in [5.74, 6) is 0.755. The molecule has 0 saturated carbocycles. The molecule has 2 aliphatic rings. The predicted molar refractivity (Wildman–Crippen MR) is 233 cm³/mol. The number of aromatic nitrogens is 2. The molecule has 0 spiro atoms. The highest BCUT2D eigenvalue weighted by Gasteiger charge is 2.54. The average molecular weight is 1040 g/mol. The van der Waals surface area contributed by atoms with Crippen LogP contribution in [0.4, 0.5) is 21.0 Å². The number of imide groups is 2. The molecule has 6 amide bonds. The number of anilines is 2. The van der Waals surface area contributed by atoms with Gasteiger partial charge < -0.3 is 19.3 Å². The molecular weight excluding hydrogens is 1000 g/mol. The topological polar surface area (TPSA) is 125 Å². The maximum atomic E-state index is 13.1. The van der Waals surface area contributed by atoms with Crippen LogP contribution in [-0.4, -0.2) is 86.2 Å². The van der Waals surface area contributed by atoms with Gasteiger partial charge in [-0.15, -0.1) is 47.3 Å². The third-order valence-electron chi connectivity index (χ3n) is 9.19. The molecule has 2 saturated heterocycles. The van der Waals surface area contributed by atoms with E-state index in [0.717, 1.165) is 32.4 Å². The Balaban J connectivity index is 0.000000227. The van der Waals surface area contributed by atoms with E-state index in [0.29, 0.717) is 24.2 Å². The Labute approximate surface area is 369 Å². The Morgan fingerprint density at radius 3 is 1.11 bits per heavy atom. The first-order valence-electron chi connectivity index (χ1n) is 16.3. The predicted octanol–water partition coefficient (Wildman–Crippen LogP) is 9.75. The van der Waals surface area contributed by atoms with Crippen molar-refractivity contribution in [3.05, 3.63) is 105 Å². The summed E-state index contributed by atoms with van der Waals surface area (Å²) < 4.78 is 10.6. The zero-order valence-corrected chi connectivity index (χ0v) is 38.5. The summed E-state index contributed by atoms with van der Waals surface area (Å²) in [7, 11) is 6.39. The van der Waals surface area contributed by atoms with Gasteiger partial charge in [-0.25, -0.2) is 29.4 Å². The summed E-state index contributed by atoms with van der Waals surface area (Å²) in [6, 6.07) is 19.7. The second kappa shape index (κ2) is 19.1. The molecule has 4 aromatic rings. The molecule has 2 aliphatic heterocycles. The lowest BCUT2D eigenvalue weighted by molar-refractivity contribution is -0.124. The second-order valence-corrected chi connectivity index (χ2v) is 20.7. The van der Waals surface area contributed by atoms with Gasteiger partial charge in [0, 0.05) is 26.9 Å². The number of methoxy groups -OCH3 is 2. The van der Waals surface area contributed by atoms with Crippen LogP contribution in [0.25, 0.3) is 0 Å². The highest BCUT2D eigenvalue weighted by molar-refractivity contribution is 9.69. The van der Waals surface area contributed by atoms with Gasteiger partial charge in [0.05, 0.1) is 25.6 Å². The number of carbonyl (C=O) groups is 4. The van der Waals surface area contributed by atoms with Gasteiger partial charge in [-0.3, -0.25) is 9.59 Å². The molecule has 0 bridgehead atoms. The van der Waals surface area contributed by atoms with Crippen LogP contribution in [0.3, 0.4) is 0 Å². The quantitative estimate of drug-likeness (QED) is 0.0971. The summed E-state index contributed by atoms with van der Waals surface area (Å²) >= 11 is 33.0. The number of hydrogen-bond acceptors (Lipinski definition) is 8. The molecule has 2 aromatic carbocycles. The van der Waals surface area contributed by atoms with Gasteiger partial charge in [0.2, 0.25) is 0 Å². The van der Waals surface area contributed by atoms with E-state index in [1.165, 1.54) is 34.1 Å². The van der Waals surface area contributed by atoms with Crippen molar-refractivity contribution >= 4 is 132 Å². The SMILES string of the molecule is BrB(Br)Br.COc1ccc(CC2(C)C(=O)N(c3cc(Cl)nc(Cl)c3)C(=O)N2C)cc1.COc1ccc(CC2(C)C(=O)N(c3cc(Cl)nc(Cl)c3)C(=O)N2C)cc1. The summed E-state index contributed by atoms with van der Waals surface area (Å²) in [6.45, 7) is 3.48. The summed E-state index contributed by atoms with van der Waals surface area (Å²) in [5.41, 5.74) is 0.357. The number of amides is 6. The van der Waals surface area contributed by atoms with Crippen molar-refractivity contribution in [3.63, 3.8) is 0 Å². The zero-order valence-electron chi connectivity index (χ0n) is 30.7. The van der Waals surface area contributed by atoms with E-state index < -0.39 is 23.1 Å². The molecule has 6 rings (SSSR count). The van der Waals surface area contributed by atoms with Crippen LogP contribution in [0.5, 0.6) is 11.5 Å². The lowest BCUT2D eigenvalue weighted by Gasteiger charge is -2.28. The normalized spacial score (nSPS) is 19.1. The largest absolute Gasteiger partial charge is 0.497 e. The van der Waals surface area contributed by atoms with Gasteiger partial charge in [0.15, 0.2) is 0 Å². The number of nitrogens with zero attached hydrogens (tertiary/aromatic N) is 6. The van der Waals surface area contributed by atoms with Crippen molar-refractivity contribution < 1.29 is 28.7 Å². The highest BCUT2D eigenvalue weighted by atomic mass is 79.9. The minimum absolute atomic E-state index is 0.111. The fourth-order valence-corrected chi connectivity index (χ4v) is 6.85. The fourth-order valence-electron chi connectivity index (χ4n) is 5.95. The highest BCUT2D eigenvalue weighted by Crippen LogP contribution is 2.37. The molecular formula is C36H34BBr3Cl4N6O6. The fraction of sp³-hybridized carbons (Fsp3) is 0.278. The van der Waals surface area contributed by atoms with Crippen LogP contribution in [0.2, 0.25) is 20.6 Å². The van der Waals surface area contributed by atoms with Crippen molar-refractivity contribution in [2.24, 2.45) is 0 Å². The Morgan fingerprint density at radius 2 is 0.857 bits per heavy atom. The van der Waals surface area contributed by atoms with Crippen LogP contribution in [0.1, 0.15) is 25.0 Å². The van der Waals surface area contributed by atoms with Gasteiger partial charge in [-0.1, -0.05) is 70.7 Å². The molecule has 20 heteroatoms. The molecule has 4 heterocycles. The van der Waals surface area contributed by atoms with Crippen LogP contribution in [-0.2, 0) is 22.4 Å². The maximum absolute atomic E-state index is 13.1. The third-order valence-corrected chi connectivity index (χ3v) is 9.97. The van der Waals surface area contributed by atoms with Crippen LogP contribution in [0, 0.1) is 0 Å². The smallest absolute Gasteiger partial charge is 0.369 e. The monoisotopic (exact) mass is 1030 g/mol. The van der Waals surface area contributed by atoms with Crippen molar-refractivity contribution in [2.45, 2.75) is 37.8 Å². The summed E-state index contributed by atoms with van der Waals surface area (Å²) in [6.07, 6.45) is 0.724. The molecule has 2 atom stereocenters. The minimum Gasteiger partial charge on any atom is -0.497 e. The van der Waals surface area contributed by atoms with E-state index >= 15 is 0 Å². The van der Waals surface area contributed by atoms with Gasteiger partial charge >= 0.3 is 15.2 Å². The number of hydrogen-bond donors (Lipinski definition) is 0. The number of rotatable bonds is 8. The Morgan fingerprint density at radius 1 is 0.589 bits per heavy atom. The number of carbonyl (C=O) groups excluding carboxylic acids is 4. The molecule has 12 nitrogen and oxygen atoms in total. The van der Waals surface area contributed by atoms with Gasteiger partial charge in [-0.05, 0) is 73.5 Å².